The summed E-state index contributed by atoms with van der Waals surface area (Å²) >= 11 is 0. The van der Waals surface area contributed by atoms with E-state index < -0.39 is 5.60 Å². The summed E-state index contributed by atoms with van der Waals surface area (Å²) in [5.74, 6) is 0.0619. The lowest BCUT2D eigenvalue weighted by molar-refractivity contribution is -0.146. The second kappa shape index (κ2) is 8.03. The molecule has 1 aliphatic carbocycles. The van der Waals surface area contributed by atoms with Gasteiger partial charge in [-0.05, 0) is 25.7 Å². The third-order valence-corrected chi connectivity index (χ3v) is 5.16. The molecule has 3 rings (SSSR count). The Kier molecular flexibility index (Phi) is 5.79. The molecule has 0 unspecified atom stereocenters. The van der Waals surface area contributed by atoms with E-state index in [-0.39, 0.29) is 18.4 Å². The molecule has 2 aliphatic rings. The molecule has 132 valence electrons. The zero-order chi connectivity index (χ0) is 16.8. The average molecular weight is 333 g/mol. The van der Waals surface area contributed by atoms with Gasteiger partial charge in [-0.15, -0.1) is 0 Å². The minimum atomic E-state index is -0.802. The van der Waals surface area contributed by atoms with E-state index in [9.17, 15) is 9.90 Å². The maximum Gasteiger partial charge on any atom is 0.225 e. The first kappa shape index (κ1) is 17.3. The lowest BCUT2D eigenvalue weighted by Crippen LogP contribution is -2.51. The van der Waals surface area contributed by atoms with Crippen molar-refractivity contribution in [3.63, 3.8) is 0 Å². The third kappa shape index (κ3) is 4.51. The van der Waals surface area contributed by atoms with Crippen molar-refractivity contribution in [3.8, 4) is 0 Å². The fraction of sp³-hybridized carbons (Fsp3) is 0.722. The van der Waals surface area contributed by atoms with Gasteiger partial charge < -0.3 is 14.7 Å². The fourth-order valence-electron chi connectivity index (χ4n) is 3.77. The Balaban J connectivity index is 1.58. The summed E-state index contributed by atoms with van der Waals surface area (Å²) in [6.45, 7) is 1.75. The number of hydrogen-bond donors (Lipinski definition) is 1. The van der Waals surface area contributed by atoms with Gasteiger partial charge in [-0.1, -0.05) is 19.3 Å². The molecule has 24 heavy (non-hydrogen) atoms. The van der Waals surface area contributed by atoms with Crippen LogP contribution in [0.3, 0.4) is 0 Å². The molecule has 1 aliphatic heterocycles. The minimum Gasteiger partial charge on any atom is -0.389 e. The Bertz CT molecular complexity index is 532. The van der Waals surface area contributed by atoms with E-state index in [0.717, 1.165) is 50.6 Å². The normalized spacial score (nSPS) is 23.9. The first-order valence-corrected chi connectivity index (χ1v) is 9.01. The Morgan fingerprint density at radius 3 is 2.92 bits per heavy atom. The van der Waals surface area contributed by atoms with Crippen LogP contribution in [0, 0.1) is 0 Å². The lowest BCUT2D eigenvalue weighted by Gasteiger charge is -2.39. The molecule has 6 nitrogen and oxygen atoms in total. The second-order valence-electron chi connectivity index (χ2n) is 7.01. The van der Waals surface area contributed by atoms with Gasteiger partial charge in [0.25, 0.3) is 0 Å². The van der Waals surface area contributed by atoms with E-state index >= 15 is 0 Å². The summed E-state index contributed by atoms with van der Waals surface area (Å²) < 4.78 is 5.57. The first-order chi connectivity index (χ1) is 11.7. The molecule has 0 spiro atoms. The molecule has 1 amide bonds. The van der Waals surface area contributed by atoms with Gasteiger partial charge in [0.1, 0.15) is 0 Å². The van der Waals surface area contributed by atoms with Crippen LogP contribution in [0.15, 0.2) is 18.6 Å². The number of carbonyl (C=O) groups is 1. The molecule has 1 N–H and O–H groups in total. The number of aliphatic hydroxyl groups is 1. The lowest BCUT2D eigenvalue weighted by atomic mass is 9.82. The summed E-state index contributed by atoms with van der Waals surface area (Å²) in [5, 5.41) is 10.7. The van der Waals surface area contributed by atoms with Crippen LogP contribution in [0.4, 0.5) is 0 Å². The Morgan fingerprint density at radius 2 is 2.17 bits per heavy atom. The SMILES string of the molecule is O=C(CC1(O)CCCCC1)N1CCOC[C@H]1CCc1cnccn1. The van der Waals surface area contributed by atoms with Gasteiger partial charge in [-0.2, -0.15) is 0 Å². The van der Waals surface area contributed by atoms with Crippen LogP contribution in [-0.2, 0) is 16.0 Å². The molecule has 2 heterocycles. The summed E-state index contributed by atoms with van der Waals surface area (Å²) in [7, 11) is 0. The van der Waals surface area contributed by atoms with Gasteiger partial charge in [-0.25, -0.2) is 0 Å². The number of hydrogen-bond acceptors (Lipinski definition) is 5. The highest BCUT2D eigenvalue weighted by Crippen LogP contribution is 2.32. The molecule has 1 saturated carbocycles. The highest BCUT2D eigenvalue weighted by molar-refractivity contribution is 5.77. The van der Waals surface area contributed by atoms with Crippen molar-refractivity contribution in [2.45, 2.75) is 63.0 Å². The van der Waals surface area contributed by atoms with Crippen molar-refractivity contribution in [3.05, 3.63) is 24.3 Å². The van der Waals surface area contributed by atoms with Gasteiger partial charge in [0.15, 0.2) is 0 Å². The number of amides is 1. The van der Waals surface area contributed by atoms with Crippen LogP contribution in [0.2, 0.25) is 0 Å². The molecule has 0 radical (unpaired) electrons. The zero-order valence-corrected chi connectivity index (χ0v) is 14.2. The molecule has 6 heteroatoms. The van der Waals surface area contributed by atoms with Crippen LogP contribution >= 0.6 is 0 Å². The van der Waals surface area contributed by atoms with Crippen LogP contribution in [0.25, 0.3) is 0 Å². The van der Waals surface area contributed by atoms with E-state index in [0.29, 0.717) is 19.8 Å². The average Bonchev–Trinajstić information content (AvgIpc) is 2.61. The molecule has 2 fully saturated rings. The Labute approximate surface area is 143 Å². The predicted molar refractivity (Wildman–Crippen MR) is 89.3 cm³/mol. The van der Waals surface area contributed by atoms with Crippen molar-refractivity contribution in [1.29, 1.82) is 0 Å². The van der Waals surface area contributed by atoms with Crippen molar-refractivity contribution in [2.24, 2.45) is 0 Å². The van der Waals surface area contributed by atoms with Gasteiger partial charge in [0.2, 0.25) is 5.91 Å². The van der Waals surface area contributed by atoms with Crippen molar-refractivity contribution in [2.75, 3.05) is 19.8 Å². The molecule has 0 aromatic carbocycles. The maximum absolute atomic E-state index is 12.8. The molecule has 1 saturated heterocycles. The van der Waals surface area contributed by atoms with Crippen molar-refractivity contribution < 1.29 is 14.6 Å². The summed E-state index contributed by atoms with van der Waals surface area (Å²) in [5.41, 5.74) is 0.129. The van der Waals surface area contributed by atoms with Crippen LogP contribution in [0.1, 0.15) is 50.6 Å². The summed E-state index contributed by atoms with van der Waals surface area (Å²) in [6, 6.07) is 0.0560. The van der Waals surface area contributed by atoms with E-state index in [4.69, 9.17) is 4.74 Å². The smallest absolute Gasteiger partial charge is 0.225 e. The molecule has 1 aromatic heterocycles. The highest BCUT2D eigenvalue weighted by atomic mass is 16.5. The molecular formula is C18H27N3O3. The minimum absolute atomic E-state index is 0.0560. The van der Waals surface area contributed by atoms with E-state index in [1.54, 1.807) is 18.6 Å². The number of ether oxygens (including phenoxy) is 1. The fourth-order valence-corrected chi connectivity index (χ4v) is 3.77. The van der Waals surface area contributed by atoms with Crippen LogP contribution in [0.5, 0.6) is 0 Å². The van der Waals surface area contributed by atoms with Gasteiger partial charge >= 0.3 is 0 Å². The topological polar surface area (TPSA) is 75.5 Å². The van der Waals surface area contributed by atoms with Gasteiger partial charge in [-0.3, -0.25) is 14.8 Å². The van der Waals surface area contributed by atoms with E-state index in [2.05, 4.69) is 9.97 Å². The van der Waals surface area contributed by atoms with E-state index in [1.807, 2.05) is 4.90 Å². The second-order valence-corrected chi connectivity index (χ2v) is 7.01. The Hall–Kier alpha value is -1.53. The number of aromatic nitrogens is 2. The van der Waals surface area contributed by atoms with Crippen molar-refractivity contribution in [1.82, 2.24) is 14.9 Å². The van der Waals surface area contributed by atoms with E-state index in [1.165, 1.54) is 0 Å². The summed E-state index contributed by atoms with van der Waals surface area (Å²) in [6.07, 6.45) is 11.6. The van der Waals surface area contributed by atoms with Crippen LogP contribution < -0.4 is 0 Å². The number of carbonyl (C=O) groups excluding carboxylic acids is 1. The first-order valence-electron chi connectivity index (χ1n) is 9.01. The number of morpholine rings is 1. The third-order valence-electron chi connectivity index (χ3n) is 5.16. The number of aryl methyl sites for hydroxylation is 1. The van der Waals surface area contributed by atoms with Gasteiger partial charge in [0.05, 0.1) is 37.0 Å². The maximum atomic E-state index is 12.8. The van der Waals surface area contributed by atoms with Gasteiger partial charge in [0, 0.05) is 25.1 Å². The quantitative estimate of drug-likeness (QED) is 0.888. The predicted octanol–water partition coefficient (Wildman–Crippen LogP) is 1.72. The van der Waals surface area contributed by atoms with Crippen LogP contribution in [-0.4, -0.2) is 57.3 Å². The largest absolute Gasteiger partial charge is 0.389 e. The molecule has 0 bridgehead atoms. The standard InChI is InChI=1S/C18H27N3O3/c22-17(12-18(23)6-2-1-3-7-18)21-10-11-24-14-16(21)5-4-15-13-19-8-9-20-15/h8-9,13,16,23H,1-7,10-12,14H2/t16-/m1/s1. The molecular weight excluding hydrogens is 306 g/mol. The monoisotopic (exact) mass is 333 g/mol. The highest BCUT2D eigenvalue weighted by Gasteiger charge is 2.36. The number of nitrogens with zero attached hydrogens (tertiary/aromatic N) is 3. The molecule has 1 atom stereocenters. The number of rotatable bonds is 5. The summed E-state index contributed by atoms with van der Waals surface area (Å²) in [4.78, 5) is 23.1. The zero-order valence-electron chi connectivity index (χ0n) is 14.2. The molecule has 1 aromatic rings. The van der Waals surface area contributed by atoms with Crippen molar-refractivity contribution >= 4 is 5.91 Å². The Morgan fingerprint density at radius 1 is 1.33 bits per heavy atom.